The summed E-state index contributed by atoms with van der Waals surface area (Å²) in [5.74, 6) is 0. The van der Waals surface area contributed by atoms with Crippen molar-refractivity contribution in [1.29, 1.82) is 0 Å². The summed E-state index contributed by atoms with van der Waals surface area (Å²) < 4.78 is 0. The maximum absolute atomic E-state index is 5.29. The van der Waals surface area contributed by atoms with E-state index in [-0.39, 0.29) is 5.60 Å². The number of hydrogen-bond acceptors (Lipinski definition) is 2. The van der Waals surface area contributed by atoms with Crippen molar-refractivity contribution in [3.05, 3.63) is 24.3 Å². The van der Waals surface area contributed by atoms with Crippen molar-refractivity contribution < 1.29 is 4.84 Å². The largest absolute Gasteiger partial charge is 0.283 e. The molecule has 0 saturated heterocycles. The zero-order valence-corrected chi connectivity index (χ0v) is 7.18. The molecular formula is C9H15NO. The van der Waals surface area contributed by atoms with Gasteiger partial charge in [-0.25, -0.2) is 5.48 Å². The van der Waals surface area contributed by atoms with Crippen LogP contribution in [0.4, 0.5) is 0 Å². The Morgan fingerprint density at radius 2 is 2.55 bits per heavy atom. The average Bonchev–Trinajstić information content (AvgIpc) is 2.66. The second-order valence-corrected chi connectivity index (χ2v) is 2.72. The Labute approximate surface area is 67.9 Å². The molecule has 2 heteroatoms. The van der Waals surface area contributed by atoms with Crippen LogP contribution in [-0.2, 0) is 4.84 Å². The Morgan fingerprint density at radius 1 is 1.82 bits per heavy atom. The van der Waals surface area contributed by atoms with Gasteiger partial charge in [-0.2, -0.15) is 0 Å². The first-order valence-electron chi connectivity index (χ1n) is 3.99. The molecule has 0 aromatic carbocycles. The summed E-state index contributed by atoms with van der Waals surface area (Å²) in [6.45, 7) is 5.89. The van der Waals surface area contributed by atoms with Crippen LogP contribution in [0.25, 0.3) is 0 Å². The Bertz CT molecular complexity index is 186. The first kappa shape index (κ1) is 8.50. The van der Waals surface area contributed by atoms with Gasteiger partial charge in [-0.15, -0.1) is 0 Å². The molecule has 0 unspecified atom stereocenters. The summed E-state index contributed by atoms with van der Waals surface area (Å²) in [6.07, 6.45) is 6.19. The van der Waals surface area contributed by atoms with Crippen LogP contribution in [0.3, 0.4) is 0 Å². The van der Waals surface area contributed by atoms with E-state index in [1.807, 2.05) is 6.08 Å². The van der Waals surface area contributed by atoms with Crippen LogP contribution in [0.2, 0.25) is 0 Å². The highest BCUT2D eigenvalue weighted by Gasteiger charge is 2.41. The van der Waals surface area contributed by atoms with Gasteiger partial charge < -0.3 is 0 Å². The predicted molar refractivity (Wildman–Crippen MR) is 46.1 cm³/mol. The first-order chi connectivity index (χ1) is 5.29. The molecular weight excluding hydrogens is 138 g/mol. The van der Waals surface area contributed by atoms with Crippen molar-refractivity contribution in [3.8, 4) is 0 Å². The minimum absolute atomic E-state index is 0.245. The van der Waals surface area contributed by atoms with Gasteiger partial charge >= 0.3 is 0 Å². The molecule has 0 aromatic heterocycles. The van der Waals surface area contributed by atoms with E-state index in [1.54, 1.807) is 7.05 Å². The van der Waals surface area contributed by atoms with Crippen molar-refractivity contribution in [2.45, 2.75) is 25.4 Å². The lowest BCUT2D eigenvalue weighted by Crippen LogP contribution is -2.23. The van der Waals surface area contributed by atoms with E-state index in [9.17, 15) is 0 Å². The number of rotatable bonds is 5. The molecule has 62 valence electrons. The van der Waals surface area contributed by atoms with Crippen LogP contribution >= 0.6 is 0 Å². The molecule has 1 atom stereocenters. The van der Waals surface area contributed by atoms with Crippen LogP contribution in [0, 0.1) is 0 Å². The van der Waals surface area contributed by atoms with Crippen LogP contribution in [0.1, 0.15) is 19.8 Å². The third-order valence-corrected chi connectivity index (χ3v) is 1.90. The number of hydrogen-bond donors (Lipinski definition) is 1. The lowest BCUT2D eigenvalue weighted by molar-refractivity contribution is 0.00896. The predicted octanol–water partition coefficient (Wildman–Crippen LogP) is 1.80. The smallest absolute Gasteiger partial charge is 0.147 e. The molecule has 0 saturated carbocycles. The maximum atomic E-state index is 5.29. The number of nitrogens with one attached hydrogen (secondary N) is 1. The van der Waals surface area contributed by atoms with Gasteiger partial charge in [0.1, 0.15) is 5.60 Å². The third kappa shape index (κ3) is 1.52. The van der Waals surface area contributed by atoms with E-state index in [4.69, 9.17) is 4.84 Å². The zero-order valence-electron chi connectivity index (χ0n) is 7.18. The van der Waals surface area contributed by atoms with Crippen LogP contribution in [0.15, 0.2) is 24.3 Å². The molecule has 1 aliphatic rings. The van der Waals surface area contributed by atoms with Gasteiger partial charge in [-0.1, -0.05) is 19.9 Å². The fraction of sp³-hybridized carbons (Fsp3) is 0.556. The molecule has 0 amide bonds. The normalized spacial score (nSPS) is 28.0. The summed E-state index contributed by atoms with van der Waals surface area (Å²) in [6, 6.07) is 0. The molecule has 1 rings (SSSR count). The highest BCUT2D eigenvalue weighted by atomic mass is 16.7. The van der Waals surface area contributed by atoms with Crippen molar-refractivity contribution in [2.24, 2.45) is 0 Å². The highest BCUT2D eigenvalue weighted by Crippen LogP contribution is 2.41. The average molecular weight is 153 g/mol. The Kier molecular flexibility index (Phi) is 2.47. The van der Waals surface area contributed by atoms with Crippen molar-refractivity contribution >= 4 is 0 Å². The molecule has 0 heterocycles. The second kappa shape index (κ2) is 3.20. The molecule has 0 spiro atoms. The summed E-state index contributed by atoms with van der Waals surface area (Å²) in [4.78, 5) is 5.29. The second-order valence-electron chi connectivity index (χ2n) is 2.72. The molecule has 0 aromatic rings. The van der Waals surface area contributed by atoms with Crippen molar-refractivity contribution in [1.82, 2.24) is 5.48 Å². The van der Waals surface area contributed by atoms with Crippen molar-refractivity contribution in [2.75, 3.05) is 7.05 Å². The highest BCUT2D eigenvalue weighted by molar-refractivity contribution is 5.48. The van der Waals surface area contributed by atoms with Gasteiger partial charge in [-0.05, 0) is 24.1 Å². The molecule has 1 aliphatic carbocycles. The zero-order chi connectivity index (χ0) is 8.32. The quantitative estimate of drug-likeness (QED) is 0.480. The molecule has 0 radical (unpaired) electrons. The lowest BCUT2D eigenvalue weighted by Gasteiger charge is -2.12. The van der Waals surface area contributed by atoms with E-state index in [2.05, 4.69) is 25.1 Å². The van der Waals surface area contributed by atoms with Gasteiger partial charge in [0, 0.05) is 7.05 Å². The first-order valence-corrected chi connectivity index (χ1v) is 3.99. The minimum atomic E-state index is -0.245. The Hall–Kier alpha value is -0.600. The number of hydroxylamine groups is 1. The van der Waals surface area contributed by atoms with E-state index in [0.717, 1.165) is 12.8 Å². The van der Waals surface area contributed by atoms with Crippen LogP contribution in [-0.4, -0.2) is 12.6 Å². The summed E-state index contributed by atoms with van der Waals surface area (Å²) in [5, 5.41) is 0. The summed E-state index contributed by atoms with van der Waals surface area (Å²) in [5.41, 5.74) is 3.78. The molecule has 2 nitrogen and oxygen atoms in total. The fourth-order valence-electron chi connectivity index (χ4n) is 1.26. The third-order valence-electron chi connectivity index (χ3n) is 1.90. The van der Waals surface area contributed by atoms with E-state index in [1.165, 1.54) is 5.57 Å². The Balaban J connectivity index is 2.40. The maximum Gasteiger partial charge on any atom is 0.147 e. The van der Waals surface area contributed by atoms with E-state index >= 15 is 0 Å². The molecule has 0 fully saturated rings. The van der Waals surface area contributed by atoms with Gasteiger partial charge in [-0.3, -0.25) is 4.84 Å². The van der Waals surface area contributed by atoms with Gasteiger partial charge in [0.2, 0.25) is 0 Å². The van der Waals surface area contributed by atoms with Crippen LogP contribution < -0.4 is 5.48 Å². The molecule has 0 aliphatic heterocycles. The fourth-order valence-corrected chi connectivity index (χ4v) is 1.26. The van der Waals surface area contributed by atoms with Crippen molar-refractivity contribution in [3.63, 3.8) is 0 Å². The topological polar surface area (TPSA) is 21.3 Å². The summed E-state index contributed by atoms with van der Waals surface area (Å²) >= 11 is 0. The van der Waals surface area contributed by atoms with Crippen LogP contribution in [0.5, 0.6) is 0 Å². The SMILES string of the molecule is C=C[C@]1(ONC)C=C1CCC. The minimum Gasteiger partial charge on any atom is -0.283 e. The Morgan fingerprint density at radius 3 is 3.00 bits per heavy atom. The standard InChI is InChI=1S/C9H15NO/c1-4-6-8-7-9(8,5-2)11-10-3/h5,7,10H,2,4,6H2,1,3H3/t9-/m0/s1. The van der Waals surface area contributed by atoms with E-state index < -0.39 is 0 Å². The molecule has 0 bridgehead atoms. The lowest BCUT2D eigenvalue weighted by atomic mass is 10.1. The molecule has 11 heavy (non-hydrogen) atoms. The van der Waals surface area contributed by atoms with Gasteiger partial charge in [0.05, 0.1) is 0 Å². The monoisotopic (exact) mass is 153 g/mol. The summed E-state index contributed by atoms with van der Waals surface area (Å²) in [7, 11) is 1.76. The van der Waals surface area contributed by atoms with Gasteiger partial charge in [0.25, 0.3) is 0 Å². The van der Waals surface area contributed by atoms with E-state index in [0.29, 0.717) is 0 Å². The molecule has 1 N–H and O–H groups in total. The van der Waals surface area contributed by atoms with Gasteiger partial charge in [0.15, 0.2) is 0 Å².